The monoisotopic (exact) mass is 293 g/mol. The maximum atomic E-state index is 12.7. The van der Waals surface area contributed by atoms with Crippen LogP contribution in [0.15, 0.2) is 48.5 Å². The van der Waals surface area contributed by atoms with E-state index >= 15 is 0 Å². The molecule has 2 heteroatoms. The maximum absolute atomic E-state index is 12.7. The van der Waals surface area contributed by atoms with E-state index in [4.69, 9.17) is 0 Å². The molecular weight excluding hydrogens is 270 g/mol. The maximum Gasteiger partial charge on any atom is 0.231 e. The molecule has 3 rings (SSSR count). The Balaban J connectivity index is 1.82. The van der Waals surface area contributed by atoms with Crippen LogP contribution in [0.4, 0.5) is 5.69 Å². The van der Waals surface area contributed by atoms with Crippen LogP contribution in [0.2, 0.25) is 0 Å². The molecule has 0 saturated carbocycles. The molecule has 1 aliphatic carbocycles. The van der Waals surface area contributed by atoms with Crippen LogP contribution in [0.5, 0.6) is 0 Å². The largest absolute Gasteiger partial charge is 0.325 e. The van der Waals surface area contributed by atoms with Crippen LogP contribution in [0, 0.1) is 0 Å². The van der Waals surface area contributed by atoms with Crippen molar-refractivity contribution in [1.29, 1.82) is 0 Å². The SMILES string of the molecule is CC[C@H](C(=O)Nc1cccc2c1CCCC2)c1ccccc1. The summed E-state index contributed by atoms with van der Waals surface area (Å²) in [5.74, 6) is 0.0216. The summed E-state index contributed by atoms with van der Waals surface area (Å²) in [6, 6.07) is 16.3. The van der Waals surface area contributed by atoms with E-state index < -0.39 is 0 Å². The van der Waals surface area contributed by atoms with Crippen LogP contribution in [-0.4, -0.2) is 5.91 Å². The summed E-state index contributed by atoms with van der Waals surface area (Å²) in [7, 11) is 0. The normalized spacial score (nSPS) is 15.0. The van der Waals surface area contributed by atoms with Crippen molar-refractivity contribution in [3.63, 3.8) is 0 Å². The van der Waals surface area contributed by atoms with Gasteiger partial charge in [-0.05, 0) is 54.9 Å². The number of rotatable bonds is 4. The van der Waals surface area contributed by atoms with Gasteiger partial charge in [-0.2, -0.15) is 0 Å². The summed E-state index contributed by atoms with van der Waals surface area (Å²) in [6.07, 6.45) is 5.50. The molecule has 0 saturated heterocycles. The van der Waals surface area contributed by atoms with Gasteiger partial charge >= 0.3 is 0 Å². The predicted octanol–water partition coefficient (Wildman–Crippen LogP) is 4.70. The van der Waals surface area contributed by atoms with Gasteiger partial charge in [-0.1, -0.05) is 49.4 Å². The number of aryl methyl sites for hydroxylation is 1. The number of carbonyl (C=O) groups is 1. The molecule has 2 aromatic rings. The molecule has 1 amide bonds. The second kappa shape index (κ2) is 6.78. The number of amides is 1. The lowest BCUT2D eigenvalue weighted by Crippen LogP contribution is -2.22. The van der Waals surface area contributed by atoms with Crippen molar-refractivity contribution in [2.24, 2.45) is 0 Å². The Kier molecular flexibility index (Phi) is 4.57. The number of hydrogen-bond donors (Lipinski definition) is 1. The molecule has 114 valence electrons. The average Bonchev–Trinajstić information content (AvgIpc) is 2.57. The molecule has 1 aliphatic rings. The number of fused-ring (bicyclic) bond motifs is 1. The Morgan fingerprint density at radius 3 is 2.59 bits per heavy atom. The fourth-order valence-electron chi connectivity index (χ4n) is 3.38. The fraction of sp³-hybridized carbons (Fsp3) is 0.350. The molecule has 0 aliphatic heterocycles. The molecule has 0 bridgehead atoms. The summed E-state index contributed by atoms with van der Waals surface area (Å²) in [6.45, 7) is 2.07. The minimum atomic E-state index is -0.0827. The van der Waals surface area contributed by atoms with Crippen LogP contribution in [0.1, 0.15) is 48.8 Å². The molecular formula is C20H23NO. The summed E-state index contributed by atoms with van der Waals surface area (Å²) in [5, 5.41) is 3.18. The minimum Gasteiger partial charge on any atom is -0.325 e. The van der Waals surface area contributed by atoms with Crippen molar-refractivity contribution in [2.45, 2.75) is 44.9 Å². The molecule has 0 spiro atoms. The zero-order valence-corrected chi connectivity index (χ0v) is 13.1. The second-order valence-corrected chi connectivity index (χ2v) is 6.01. The molecule has 0 aromatic heterocycles. The highest BCUT2D eigenvalue weighted by Crippen LogP contribution is 2.29. The van der Waals surface area contributed by atoms with Gasteiger partial charge in [0.15, 0.2) is 0 Å². The van der Waals surface area contributed by atoms with E-state index in [1.165, 1.54) is 24.0 Å². The van der Waals surface area contributed by atoms with E-state index in [9.17, 15) is 4.79 Å². The van der Waals surface area contributed by atoms with E-state index in [1.54, 1.807) is 0 Å². The van der Waals surface area contributed by atoms with Gasteiger partial charge in [0.05, 0.1) is 5.92 Å². The van der Waals surface area contributed by atoms with Crippen LogP contribution in [0.3, 0.4) is 0 Å². The topological polar surface area (TPSA) is 29.1 Å². The minimum absolute atomic E-state index is 0.0827. The van der Waals surface area contributed by atoms with Crippen molar-refractivity contribution < 1.29 is 4.79 Å². The van der Waals surface area contributed by atoms with Crippen molar-refractivity contribution in [2.75, 3.05) is 5.32 Å². The average molecular weight is 293 g/mol. The molecule has 0 radical (unpaired) electrons. The third-order valence-corrected chi connectivity index (χ3v) is 4.58. The molecule has 0 unspecified atom stereocenters. The molecule has 0 heterocycles. The predicted molar refractivity (Wildman–Crippen MR) is 91.2 cm³/mol. The number of anilines is 1. The zero-order valence-electron chi connectivity index (χ0n) is 13.1. The van der Waals surface area contributed by atoms with E-state index in [2.05, 4.69) is 24.4 Å². The van der Waals surface area contributed by atoms with Gasteiger partial charge in [-0.15, -0.1) is 0 Å². The lowest BCUT2D eigenvalue weighted by Gasteiger charge is -2.21. The molecule has 2 aromatic carbocycles. The summed E-state index contributed by atoms with van der Waals surface area (Å²) >= 11 is 0. The molecule has 1 atom stereocenters. The highest BCUT2D eigenvalue weighted by molar-refractivity contribution is 5.96. The summed E-state index contributed by atoms with van der Waals surface area (Å²) < 4.78 is 0. The zero-order chi connectivity index (χ0) is 15.4. The van der Waals surface area contributed by atoms with Gasteiger partial charge in [0.1, 0.15) is 0 Å². The van der Waals surface area contributed by atoms with Crippen molar-refractivity contribution in [3.05, 3.63) is 65.2 Å². The Bertz CT molecular complexity index is 648. The quantitative estimate of drug-likeness (QED) is 0.870. The lowest BCUT2D eigenvalue weighted by atomic mass is 9.90. The number of hydrogen-bond acceptors (Lipinski definition) is 1. The molecule has 2 nitrogen and oxygen atoms in total. The van der Waals surface area contributed by atoms with Gasteiger partial charge in [-0.25, -0.2) is 0 Å². The molecule has 0 fully saturated rings. The van der Waals surface area contributed by atoms with Crippen LogP contribution in [0.25, 0.3) is 0 Å². The fourth-order valence-corrected chi connectivity index (χ4v) is 3.38. The third kappa shape index (κ3) is 3.06. The van der Waals surface area contributed by atoms with Crippen molar-refractivity contribution in [1.82, 2.24) is 0 Å². The first-order valence-corrected chi connectivity index (χ1v) is 8.26. The molecule has 1 N–H and O–H groups in total. The van der Waals surface area contributed by atoms with Gasteiger partial charge in [0.25, 0.3) is 0 Å². The Labute approximate surface area is 132 Å². The first-order valence-electron chi connectivity index (χ1n) is 8.26. The number of nitrogens with one attached hydrogen (secondary N) is 1. The van der Waals surface area contributed by atoms with E-state index in [0.717, 1.165) is 30.5 Å². The summed E-state index contributed by atoms with van der Waals surface area (Å²) in [4.78, 5) is 12.7. The van der Waals surface area contributed by atoms with Crippen molar-refractivity contribution in [3.8, 4) is 0 Å². The number of benzene rings is 2. The van der Waals surface area contributed by atoms with E-state index in [0.29, 0.717) is 0 Å². The van der Waals surface area contributed by atoms with Gasteiger partial charge < -0.3 is 5.32 Å². The van der Waals surface area contributed by atoms with Crippen LogP contribution < -0.4 is 5.32 Å². The molecule has 22 heavy (non-hydrogen) atoms. The van der Waals surface area contributed by atoms with Crippen molar-refractivity contribution >= 4 is 11.6 Å². The Hall–Kier alpha value is -2.09. The smallest absolute Gasteiger partial charge is 0.231 e. The van der Waals surface area contributed by atoms with Gasteiger partial charge in [0, 0.05) is 5.69 Å². The Morgan fingerprint density at radius 2 is 1.82 bits per heavy atom. The lowest BCUT2D eigenvalue weighted by molar-refractivity contribution is -0.117. The highest BCUT2D eigenvalue weighted by Gasteiger charge is 2.20. The number of carbonyl (C=O) groups excluding carboxylic acids is 1. The summed E-state index contributed by atoms with van der Waals surface area (Å²) in [5.41, 5.74) is 4.84. The first-order chi connectivity index (χ1) is 10.8. The van der Waals surface area contributed by atoms with E-state index in [-0.39, 0.29) is 11.8 Å². The second-order valence-electron chi connectivity index (χ2n) is 6.01. The van der Waals surface area contributed by atoms with Crippen LogP contribution >= 0.6 is 0 Å². The van der Waals surface area contributed by atoms with Gasteiger partial charge in [0.2, 0.25) is 5.91 Å². The first kappa shape index (κ1) is 14.8. The Morgan fingerprint density at radius 1 is 1.05 bits per heavy atom. The standard InChI is InChI=1S/C20H23NO/c1-2-17(15-9-4-3-5-10-15)20(22)21-19-14-8-12-16-11-6-7-13-18(16)19/h3-5,8-10,12,14,17H,2,6-7,11,13H2,1H3,(H,21,22)/t17-/m0/s1. The van der Waals surface area contributed by atoms with Crippen LogP contribution in [-0.2, 0) is 17.6 Å². The van der Waals surface area contributed by atoms with Gasteiger partial charge in [-0.3, -0.25) is 4.79 Å². The third-order valence-electron chi connectivity index (χ3n) is 4.58. The van der Waals surface area contributed by atoms with E-state index in [1.807, 2.05) is 36.4 Å². The highest BCUT2D eigenvalue weighted by atomic mass is 16.1.